The molecule has 7 heteroatoms. The fraction of sp³-hybridized carbons (Fsp3) is 0.455. The number of hydrogen-bond donors (Lipinski definition) is 2. The quantitative estimate of drug-likeness (QED) is 0.839. The molecule has 0 saturated carbocycles. The first kappa shape index (κ1) is 14.0. The zero-order valence-corrected chi connectivity index (χ0v) is 12.1. The zero-order chi connectivity index (χ0) is 13.2. The second-order valence-electron chi connectivity index (χ2n) is 4.09. The number of nitrogens with zero attached hydrogens (tertiary/aromatic N) is 1. The summed E-state index contributed by atoms with van der Waals surface area (Å²) in [4.78, 5) is 0.241. The highest BCUT2D eigenvalue weighted by Crippen LogP contribution is 2.26. The molecule has 2 N–H and O–H groups in total. The molecule has 0 bridgehead atoms. The van der Waals surface area contributed by atoms with Gasteiger partial charge >= 0.3 is 0 Å². The monoisotopic (exact) mass is 334 g/mol. The van der Waals surface area contributed by atoms with Gasteiger partial charge in [0.15, 0.2) is 0 Å². The topological polar surface area (TPSA) is 69.6 Å². The number of aliphatic hydroxyl groups is 1. The number of aliphatic hydroxyl groups excluding tert-OH is 1. The molecule has 0 radical (unpaired) electrons. The summed E-state index contributed by atoms with van der Waals surface area (Å²) in [7, 11) is -3.57. The number of halogens is 1. The Balaban J connectivity index is 2.39. The Morgan fingerprint density at radius 2 is 2.17 bits per heavy atom. The summed E-state index contributed by atoms with van der Waals surface area (Å²) in [5, 5.41) is 12.4. The van der Waals surface area contributed by atoms with E-state index in [1.54, 1.807) is 24.3 Å². The summed E-state index contributed by atoms with van der Waals surface area (Å²) in [5.41, 5.74) is 0. The summed E-state index contributed by atoms with van der Waals surface area (Å²) in [6.45, 7) is 1.26. The minimum absolute atomic E-state index is 0.184. The van der Waals surface area contributed by atoms with Crippen LogP contribution in [0.25, 0.3) is 0 Å². The molecule has 0 aliphatic carbocycles. The number of piperazine rings is 1. The predicted molar refractivity (Wildman–Crippen MR) is 71.8 cm³/mol. The van der Waals surface area contributed by atoms with E-state index in [2.05, 4.69) is 21.2 Å². The molecular formula is C11H15BrN2O3S. The molecule has 0 amide bonds. The zero-order valence-electron chi connectivity index (χ0n) is 9.71. The smallest absolute Gasteiger partial charge is 0.244 e. The Hall–Kier alpha value is -0.470. The van der Waals surface area contributed by atoms with Crippen molar-refractivity contribution in [2.45, 2.75) is 10.9 Å². The molecule has 1 heterocycles. The van der Waals surface area contributed by atoms with Crippen LogP contribution in [-0.2, 0) is 10.0 Å². The number of rotatable bonds is 3. The molecule has 5 nitrogen and oxygen atoms in total. The van der Waals surface area contributed by atoms with Crippen molar-refractivity contribution in [1.29, 1.82) is 0 Å². The second-order valence-corrected chi connectivity index (χ2v) is 6.80. The first-order valence-electron chi connectivity index (χ1n) is 5.65. The number of sulfonamides is 1. The molecule has 0 spiro atoms. The maximum atomic E-state index is 12.5. The van der Waals surface area contributed by atoms with Crippen LogP contribution < -0.4 is 5.32 Å². The molecule has 1 aliphatic rings. The van der Waals surface area contributed by atoms with E-state index in [9.17, 15) is 13.5 Å². The van der Waals surface area contributed by atoms with Crippen molar-refractivity contribution < 1.29 is 13.5 Å². The van der Waals surface area contributed by atoms with E-state index in [0.29, 0.717) is 24.1 Å². The summed E-state index contributed by atoms with van der Waals surface area (Å²) in [5.74, 6) is 0. The number of hydrogen-bond acceptors (Lipinski definition) is 4. The molecule has 1 aromatic carbocycles. The average Bonchev–Trinajstić information content (AvgIpc) is 2.39. The van der Waals surface area contributed by atoms with Crippen LogP contribution in [0.5, 0.6) is 0 Å². The van der Waals surface area contributed by atoms with Gasteiger partial charge in [-0.1, -0.05) is 12.1 Å². The highest BCUT2D eigenvalue weighted by Gasteiger charge is 2.33. The Bertz CT molecular complexity index is 521. The first-order chi connectivity index (χ1) is 8.57. The van der Waals surface area contributed by atoms with Gasteiger partial charge < -0.3 is 10.4 Å². The third-order valence-corrected chi connectivity index (χ3v) is 5.89. The molecule has 18 heavy (non-hydrogen) atoms. The van der Waals surface area contributed by atoms with Crippen LogP contribution in [0.1, 0.15) is 0 Å². The number of benzene rings is 1. The molecule has 1 atom stereocenters. The lowest BCUT2D eigenvalue weighted by atomic mass is 10.2. The minimum Gasteiger partial charge on any atom is -0.395 e. The van der Waals surface area contributed by atoms with E-state index in [-0.39, 0.29) is 11.5 Å². The van der Waals surface area contributed by atoms with E-state index in [4.69, 9.17) is 0 Å². The Labute approximate surface area is 115 Å². The summed E-state index contributed by atoms with van der Waals surface area (Å²) >= 11 is 3.26. The summed E-state index contributed by atoms with van der Waals surface area (Å²) < 4.78 is 27.0. The van der Waals surface area contributed by atoms with Gasteiger partial charge in [0.1, 0.15) is 0 Å². The van der Waals surface area contributed by atoms with Crippen molar-refractivity contribution in [2.24, 2.45) is 0 Å². The minimum atomic E-state index is -3.57. The third kappa shape index (κ3) is 2.60. The first-order valence-corrected chi connectivity index (χ1v) is 7.88. The van der Waals surface area contributed by atoms with Crippen LogP contribution in [0.4, 0.5) is 0 Å². The van der Waals surface area contributed by atoms with E-state index >= 15 is 0 Å². The van der Waals surface area contributed by atoms with Gasteiger partial charge in [-0.15, -0.1) is 0 Å². The van der Waals surface area contributed by atoms with Crippen LogP contribution in [0.3, 0.4) is 0 Å². The van der Waals surface area contributed by atoms with Crippen molar-refractivity contribution in [2.75, 3.05) is 26.2 Å². The van der Waals surface area contributed by atoms with Gasteiger partial charge in [0.2, 0.25) is 10.0 Å². The molecule has 1 saturated heterocycles. The third-order valence-electron chi connectivity index (χ3n) is 2.93. The van der Waals surface area contributed by atoms with Crippen molar-refractivity contribution in [1.82, 2.24) is 9.62 Å². The molecule has 1 aliphatic heterocycles. The molecule has 0 unspecified atom stereocenters. The SMILES string of the molecule is O=S(=O)(c1ccccc1Br)N1CCNC[C@@H]1CO. The van der Waals surface area contributed by atoms with Crippen LogP contribution >= 0.6 is 15.9 Å². The van der Waals surface area contributed by atoms with Crippen LogP contribution in [0, 0.1) is 0 Å². The maximum absolute atomic E-state index is 12.5. The number of nitrogens with one attached hydrogen (secondary N) is 1. The molecule has 2 rings (SSSR count). The van der Waals surface area contributed by atoms with E-state index in [1.807, 2.05) is 0 Å². The lowest BCUT2D eigenvalue weighted by Crippen LogP contribution is -2.55. The van der Waals surface area contributed by atoms with Gasteiger partial charge in [-0.3, -0.25) is 0 Å². The second kappa shape index (κ2) is 5.66. The normalized spacial score (nSPS) is 22.0. The summed E-state index contributed by atoms with van der Waals surface area (Å²) in [6, 6.07) is 6.31. The van der Waals surface area contributed by atoms with Gasteiger partial charge in [0.05, 0.1) is 17.5 Å². The fourth-order valence-electron chi connectivity index (χ4n) is 1.99. The Morgan fingerprint density at radius 1 is 1.44 bits per heavy atom. The van der Waals surface area contributed by atoms with Crippen LogP contribution in [-0.4, -0.2) is 50.1 Å². The Kier molecular flexibility index (Phi) is 4.39. The van der Waals surface area contributed by atoms with Gasteiger partial charge in [-0.2, -0.15) is 4.31 Å². The molecule has 1 aromatic rings. The molecule has 0 aromatic heterocycles. The molecular weight excluding hydrogens is 320 g/mol. The highest BCUT2D eigenvalue weighted by atomic mass is 79.9. The van der Waals surface area contributed by atoms with Gasteiger partial charge in [-0.05, 0) is 28.1 Å². The van der Waals surface area contributed by atoms with Gasteiger partial charge in [0, 0.05) is 24.1 Å². The van der Waals surface area contributed by atoms with Crippen molar-refractivity contribution in [3.8, 4) is 0 Å². The van der Waals surface area contributed by atoms with E-state index in [0.717, 1.165) is 0 Å². The molecule has 100 valence electrons. The standard InChI is InChI=1S/C11H15BrN2O3S/c12-10-3-1-2-4-11(10)18(16,17)14-6-5-13-7-9(14)8-15/h1-4,9,13,15H,5-8H2/t9-/m1/s1. The van der Waals surface area contributed by atoms with Crippen molar-refractivity contribution >= 4 is 26.0 Å². The maximum Gasteiger partial charge on any atom is 0.244 e. The highest BCUT2D eigenvalue weighted by molar-refractivity contribution is 9.10. The van der Waals surface area contributed by atoms with Gasteiger partial charge in [0.25, 0.3) is 0 Å². The summed E-state index contributed by atoms with van der Waals surface area (Å²) in [6.07, 6.45) is 0. The molecule has 1 fully saturated rings. The average molecular weight is 335 g/mol. The van der Waals surface area contributed by atoms with Crippen LogP contribution in [0.15, 0.2) is 33.6 Å². The fourth-order valence-corrected chi connectivity index (χ4v) is 4.58. The lowest BCUT2D eigenvalue weighted by molar-refractivity contribution is 0.165. The predicted octanol–water partition coefficient (Wildman–Crippen LogP) is 0.404. The van der Waals surface area contributed by atoms with Crippen LogP contribution in [0.2, 0.25) is 0 Å². The van der Waals surface area contributed by atoms with Crippen molar-refractivity contribution in [3.63, 3.8) is 0 Å². The largest absolute Gasteiger partial charge is 0.395 e. The van der Waals surface area contributed by atoms with Gasteiger partial charge in [-0.25, -0.2) is 8.42 Å². The van der Waals surface area contributed by atoms with E-state index in [1.165, 1.54) is 4.31 Å². The Morgan fingerprint density at radius 3 is 2.83 bits per heavy atom. The lowest BCUT2D eigenvalue weighted by Gasteiger charge is -2.34. The van der Waals surface area contributed by atoms with Crippen molar-refractivity contribution in [3.05, 3.63) is 28.7 Å². The van der Waals surface area contributed by atoms with E-state index < -0.39 is 16.1 Å².